The smallest absolute Gasteiger partial charge is 0.253 e. The van der Waals surface area contributed by atoms with E-state index in [9.17, 15) is 13.2 Å². The molecule has 1 aliphatic rings. The first-order valence-corrected chi connectivity index (χ1v) is 11.3. The number of piperidine rings is 1. The summed E-state index contributed by atoms with van der Waals surface area (Å²) in [7, 11) is -0.286. The zero-order chi connectivity index (χ0) is 21.0. The van der Waals surface area contributed by atoms with Crippen molar-refractivity contribution in [3.63, 3.8) is 0 Å². The summed E-state index contributed by atoms with van der Waals surface area (Å²) >= 11 is 0. The predicted molar refractivity (Wildman–Crippen MR) is 113 cm³/mol. The lowest BCUT2D eigenvalue weighted by Crippen LogP contribution is -2.36. The summed E-state index contributed by atoms with van der Waals surface area (Å²) in [5.41, 5.74) is 1.97. The number of carbonyl (C=O) groups is 1. The Kier molecular flexibility index (Phi) is 6.59. The van der Waals surface area contributed by atoms with Crippen LogP contribution in [0, 0.1) is 6.92 Å². The van der Waals surface area contributed by atoms with Crippen molar-refractivity contribution in [1.82, 2.24) is 9.21 Å². The van der Waals surface area contributed by atoms with Crippen molar-refractivity contribution >= 4 is 15.9 Å². The third-order valence-electron chi connectivity index (χ3n) is 5.27. The van der Waals surface area contributed by atoms with Crippen LogP contribution in [0.25, 0.3) is 0 Å². The van der Waals surface area contributed by atoms with Crippen molar-refractivity contribution in [2.24, 2.45) is 0 Å². The van der Waals surface area contributed by atoms with Crippen LogP contribution in [-0.4, -0.2) is 50.8 Å². The van der Waals surface area contributed by atoms with E-state index in [1.54, 1.807) is 38.1 Å². The molecule has 0 N–H and O–H groups in total. The van der Waals surface area contributed by atoms with Crippen LogP contribution in [0.15, 0.2) is 47.4 Å². The molecule has 0 radical (unpaired) electrons. The molecule has 6 nitrogen and oxygen atoms in total. The first kappa shape index (κ1) is 21.3. The Bertz CT molecular complexity index is 982. The largest absolute Gasteiger partial charge is 0.497 e. The third-order valence-corrected chi connectivity index (χ3v) is 7.31. The highest BCUT2D eigenvalue weighted by Crippen LogP contribution is 2.25. The molecular weight excluding hydrogens is 388 g/mol. The minimum Gasteiger partial charge on any atom is -0.497 e. The van der Waals surface area contributed by atoms with Crippen molar-refractivity contribution in [1.29, 1.82) is 0 Å². The van der Waals surface area contributed by atoms with E-state index in [1.807, 2.05) is 24.3 Å². The Morgan fingerprint density at radius 3 is 2.52 bits per heavy atom. The van der Waals surface area contributed by atoms with E-state index in [-0.39, 0.29) is 10.8 Å². The van der Waals surface area contributed by atoms with Crippen molar-refractivity contribution in [3.05, 3.63) is 59.2 Å². The summed E-state index contributed by atoms with van der Waals surface area (Å²) in [5, 5.41) is 0. The Morgan fingerprint density at radius 2 is 1.83 bits per heavy atom. The first-order chi connectivity index (χ1) is 13.8. The summed E-state index contributed by atoms with van der Waals surface area (Å²) in [4.78, 5) is 14.8. The van der Waals surface area contributed by atoms with Gasteiger partial charge in [0.15, 0.2) is 0 Å². The van der Waals surface area contributed by atoms with Gasteiger partial charge in [0.1, 0.15) is 5.75 Å². The van der Waals surface area contributed by atoms with Crippen LogP contribution in [0.1, 0.15) is 40.7 Å². The monoisotopic (exact) mass is 416 g/mol. The zero-order valence-corrected chi connectivity index (χ0v) is 18.0. The number of hydrogen-bond acceptors (Lipinski definition) is 4. The maximum atomic E-state index is 13.1. The number of amides is 1. The van der Waals surface area contributed by atoms with E-state index in [0.29, 0.717) is 30.8 Å². The quantitative estimate of drug-likeness (QED) is 0.723. The van der Waals surface area contributed by atoms with Gasteiger partial charge in [-0.2, -0.15) is 4.31 Å². The third kappa shape index (κ3) is 4.79. The van der Waals surface area contributed by atoms with Crippen molar-refractivity contribution < 1.29 is 17.9 Å². The molecule has 1 heterocycles. The Labute approximate surface area is 173 Å². The topological polar surface area (TPSA) is 66.9 Å². The number of nitrogens with zero attached hydrogens (tertiary/aromatic N) is 2. The number of methoxy groups -OCH3 is 1. The van der Waals surface area contributed by atoms with E-state index in [4.69, 9.17) is 4.74 Å². The second-order valence-electron chi connectivity index (χ2n) is 7.46. The van der Waals surface area contributed by atoms with Crippen molar-refractivity contribution in [2.75, 3.05) is 27.2 Å². The van der Waals surface area contributed by atoms with Crippen molar-refractivity contribution in [3.8, 4) is 5.75 Å². The highest BCUT2D eigenvalue weighted by atomic mass is 32.2. The fourth-order valence-electron chi connectivity index (χ4n) is 3.59. The summed E-state index contributed by atoms with van der Waals surface area (Å²) in [5.74, 6) is 0.511. The van der Waals surface area contributed by atoms with Gasteiger partial charge in [-0.05, 0) is 55.2 Å². The molecular formula is C22H28N2O4S. The van der Waals surface area contributed by atoms with Crippen LogP contribution in [0.4, 0.5) is 0 Å². The van der Waals surface area contributed by atoms with E-state index in [1.165, 1.54) is 10.4 Å². The number of hydrogen-bond donors (Lipinski definition) is 0. The molecule has 2 aromatic carbocycles. The number of benzene rings is 2. The average molecular weight is 417 g/mol. The van der Waals surface area contributed by atoms with Gasteiger partial charge in [0.2, 0.25) is 10.0 Å². The molecule has 156 valence electrons. The van der Waals surface area contributed by atoms with E-state index >= 15 is 0 Å². The molecule has 0 spiro atoms. The molecule has 0 aliphatic carbocycles. The summed E-state index contributed by atoms with van der Waals surface area (Å²) in [6.45, 7) is 3.24. The summed E-state index contributed by atoms with van der Waals surface area (Å²) in [6, 6.07) is 12.5. The summed E-state index contributed by atoms with van der Waals surface area (Å²) in [6.07, 6.45) is 2.80. The van der Waals surface area contributed by atoms with Gasteiger partial charge in [-0.1, -0.05) is 24.6 Å². The normalized spacial score (nSPS) is 15.1. The average Bonchev–Trinajstić information content (AvgIpc) is 2.74. The Morgan fingerprint density at radius 1 is 1.10 bits per heavy atom. The van der Waals surface area contributed by atoms with Gasteiger partial charge in [0, 0.05) is 32.2 Å². The first-order valence-electron chi connectivity index (χ1n) is 9.82. The number of rotatable bonds is 6. The molecule has 1 amide bonds. The fraction of sp³-hybridized carbons (Fsp3) is 0.409. The predicted octanol–water partition coefficient (Wildman–Crippen LogP) is 3.45. The van der Waals surface area contributed by atoms with Crippen LogP contribution >= 0.6 is 0 Å². The molecule has 29 heavy (non-hydrogen) atoms. The molecule has 1 saturated heterocycles. The lowest BCUT2D eigenvalue weighted by molar-refractivity contribution is 0.0784. The van der Waals surface area contributed by atoms with Crippen LogP contribution < -0.4 is 4.74 Å². The number of aryl methyl sites for hydroxylation is 1. The molecule has 0 unspecified atom stereocenters. The SMILES string of the molecule is COc1cccc(CN(C)C(=O)c2ccc(C)c(S(=O)(=O)N3CCCCC3)c2)c1. The molecule has 7 heteroatoms. The molecule has 0 bridgehead atoms. The maximum absolute atomic E-state index is 13.1. The van der Waals surface area contributed by atoms with Crippen molar-refractivity contribution in [2.45, 2.75) is 37.6 Å². The van der Waals surface area contributed by atoms with Crippen LogP contribution in [0.2, 0.25) is 0 Å². The number of ether oxygens (including phenoxy) is 1. The zero-order valence-electron chi connectivity index (χ0n) is 17.2. The molecule has 1 fully saturated rings. The van der Waals surface area contributed by atoms with Gasteiger partial charge in [0.25, 0.3) is 5.91 Å². The van der Waals surface area contributed by atoms with Gasteiger partial charge < -0.3 is 9.64 Å². The molecule has 0 atom stereocenters. The lowest BCUT2D eigenvalue weighted by Gasteiger charge is -2.27. The van der Waals surface area contributed by atoms with Gasteiger partial charge in [-0.3, -0.25) is 4.79 Å². The molecule has 1 aliphatic heterocycles. The molecule has 0 aromatic heterocycles. The van der Waals surface area contributed by atoms with E-state index < -0.39 is 10.0 Å². The summed E-state index contributed by atoms with van der Waals surface area (Å²) < 4.78 is 33.0. The second-order valence-corrected chi connectivity index (χ2v) is 9.36. The second kappa shape index (κ2) is 8.97. The Hall–Kier alpha value is -2.38. The van der Waals surface area contributed by atoms with Crippen LogP contribution in [-0.2, 0) is 16.6 Å². The molecule has 3 rings (SSSR count). The molecule has 2 aromatic rings. The number of sulfonamides is 1. The van der Waals surface area contributed by atoms with E-state index in [0.717, 1.165) is 30.6 Å². The van der Waals surface area contributed by atoms with E-state index in [2.05, 4.69) is 0 Å². The lowest BCUT2D eigenvalue weighted by atomic mass is 10.1. The van der Waals surface area contributed by atoms with Gasteiger partial charge in [0.05, 0.1) is 12.0 Å². The van der Waals surface area contributed by atoms with Crippen LogP contribution in [0.3, 0.4) is 0 Å². The van der Waals surface area contributed by atoms with Gasteiger partial charge in [-0.15, -0.1) is 0 Å². The van der Waals surface area contributed by atoms with Crippen LogP contribution in [0.5, 0.6) is 5.75 Å². The van der Waals surface area contributed by atoms with Gasteiger partial charge >= 0.3 is 0 Å². The fourth-order valence-corrected chi connectivity index (χ4v) is 5.36. The maximum Gasteiger partial charge on any atom is 0.253 e. The minimum absolute atomic E-state index is 0.220. The highest BCUT2D eigenvalue weighted by molar-refractivity contribution is 7.89. The number of carbonyl (C=O) groups excluding carboxylic acids is 1. The van der Waals surface area contributed by atoms with Gasteiger partial charge in [-0.25, -0.2) is 8.42 Å². The standard InChI is InChI=1S/C22H28N2O4S/c1-17-10-11-19(15-21(17)29(26,27)24-12-5-4-6-13-24)22(25)23(2)16-18-8-7-9-20(14-18)28-3/h7-11,14-15H,4-6,12-13,16H2,1-3H3. The highest BCUT2D eigenvalue weighted by Gasteiger charge is 2.28. The minimum atomic E-state index is -3.60. The Balaban J connectivity index is 1.83. The molecule has 0 saturated carbocycles.